The van der Waals surface area contributed by atoms with Gasteiger partial charge >= 0.3 is 7.12 Å². The molecule has 1 aliphatic heterocycles. The predicted octanol–water partition coefficient (Wildman–Crippen LogP) is 10.7. The molecule has 0 aliphatic carbocycles. The van der Waals surface area contributed by atoms with Gasteiger partial charge in [0.05, 0.1) is 40.3 Å². The van der Waals surface area contributed by atoms with E-state index in [-0.39, 0.29) is 22.8 Å². The molecule has 0 amide bonds. The van der Waals surface area contributed by atoms with Crippen LogP contribution in [0.2, 0.25) is 0 Å². The number of aromatic nitrogens is 8. The Kier molecular flexibility index (Phi) is 13.5. The summed E-state index contributed by atoms with van der Waals surface area (Å²) < 4.78 is 16.8. The summed E-state index contributed by atoms with van der Waals surface area (Å²) in [6, 6.07) is 35.1. The number of rotatable bonds is 8. The molecule has 14 heteroatoms. The molecule has 0 spiro atoms. The van der Waals surface area contributed by atoms with Crippen LogP contribution in [0.3, 0.4) is 0 Å². The number of hydrogen-bond donors (Lipinski definition) is 0. The SMILES string of the molecule is CC(=O)c1cccc(-c2ccc3cnn(-c4cccc(C(C)C)n4)c3c2)n1.CC(=O)c1cccc(Br)n1.CC(C)c1cccc(-n2ncc3ccc(B4OC(C)(C)C(C)(C)O4)cc32)n1. The zero-order valence-corrected chi connectivity index (χ0v) is 39.5. The molecule has 6 aromatic heterocycles. The zero-order valence-electron chi connectivity index (χ0n) is 37.9. The number of benzene rings is 2. The number of pyridine rings is 4. The van der Waals surface area contributed by atoms with E-state index in [1.54, 1.807) is 24.3 Å². The average molecular weight is 920 g/mol. The molecule has 0 radical (unpaired) electrons. The first kappa shape index (κ1) is 45.8. The Morgan fingerprint density at radius 3 is 1.58 bits per heavy atom. The number of hydrogen-bond acceptors (Lipinski definition) is 10. The van der Waals surface area contributed by atoms with Gasteiger partial charge in [0.25, 0.3) is 0 Å². The molecule has 0 saturated carbocycles. The van der Waals surface area contributed by atoms with Crippen molar-refractivity contribution in [3.63, 3.8) is 0 Å². The van der Waals surface area contributed by atoms with E-state index in [0.29, 0.717) is 27.8 Å². The summed E-state index contributed by atoms with van der Waals surface area (Å²) in [6.45, 7) is 19.8. The Labute approximate surface area is 382 Å². The minimum Gasteiger partial charge on any atom is -0.399 e. The van der Waals surface area contributed by atoms with Gasteiger partial charge in [-0.2, -0.15) is 10.2 Å². The molecule has 0 atom stereocenters. The highest BCUT2D eigenvalue weighted by molar-refractivity contribution is 9.10. The standard InChI is InChI=1S/C22H20N4O.C21H26BN3O2.C7H6BrNO/c1-14(2)18-6-5-9-22(25-18)26-21-12-16(10-11-17(21)13-23-26)20-8-4-7-19(24-20)15(3)27;1-14(2)17-8-7-9-19(24-17)25-18-12-16(11-10-15(18)13-23-25)22-26-20(3,4)21(5,6)27-22;1-5(10)6-3-2-4-7(8)9-6/h4-14H,1-3H3;7-14H,1-6H3;2-4H,1H3. The van der Waals surface area contributed by atoms with Gasteiger partial charge in [-0.05, 0) is 122 Å². The molecule has 2 aromatic carbocycles. The van der Waals surface area contributed by atoms with Gasteiger partial charge < -0.3 is 9.31 Å². The van der Waals surface area contributed by atoms with Crippen LogP contribution >= 0.6 is 15.9 Å². The van der Waals surface area contributed by atoms with Gasteiger partial charge in [0.15, 0.2) is 23.2 Å². The Morgan fingerprint density at radius 1 is 0.594 bits per heavy atom. The van der Waals surface area contributed by atoms with Crippen LogP contribution in [0.15, 0.2) is 126 Å². The molecule has 1 saturated heterocycles. The third-order valence-electron chi connectivity index (χ3n) is 11.3. The minimum absolute atomic E-state index is 0.0127. The van der Waals surface area contributed by atoms with Crippen LogP contribution in [0, 0.1) is 0 Å². The second-order valence-electron chi connectivity index (χ2n) is 17.3. The molecule has 12 nitrogen and oxygen atoms in total. The van der Waals surface area contributed by atoms with Gasteiger partial charge in [0.2, 0.25) is 0 Å². The Balaban J connectivity index is 0.000000158. The summed E-state index contributed by atoms with van der Waals surface area (Å²) in [5.41, 5.74) is 6.96. The molecule has 0 N–H and O–H groups in total. The molecule has 8 aromatic rings. The topological polar surface area (TPSA) is 140 Å². The molecule has 0 unspecified atom stereocenters. The van der Waals surface area contributed by atoms with Gasteiger partial charge in [-0.1, -0.05) is 76.2 Å². The van der Waals surface area contributed by atoms with Crippen molar-refractivity contribution in [2.24, 2.45) is 0 Å². The van der Waals surface area contributed by atoms with Crippen molar-refractivity contribution in [3.05, 3.63) is 149 Å². The maximum Gasteiger partial charge on any atom is 0.494 e. The fourth-order valence-electron chi connectivity index (χ4n) is 6.86. The van der Waals surface area contributed by atoms with E-state index in [4.69, 9.17) is 19.3 Å². The summed E-state index contributed by atoms with van der Waals surface area (Å²) in [6.07, 6.45) is 3.70. The Morgan fingerprint density at radius 2 is 1.08 bits per heavy atom. The molecular weight excluding hydrogens is 867 g/mol. The maximum atomic E-state index is 11.6. The molecule has 64 heavy (non-hydrogen) atoms. The van der Waals surface area contributed by atoms with E-state index >= 15 is 0 Å². The van der Waals surface area contributed by atoms with E-state index in [0.717, 1.165) is 61.5 Å². The second-order valence-corrected chi connectivity index (χ2v) is 18.1. The van der Waals surface area contributed by atoms with Gasteiger partial charge in [-0.25, -0.2) is 29.3 Å². The van der Waals surface area contributed by atoms with Crippen molar-refractivity contribution in [3.8, 4) is 22.9 Å². The highest BCUT2D eigenvalue weighted by Gasteiger charge is 2.51. The van der Waals surface area contributed by atoms with Crippen LogP contribution in [0.1, 0.15) is 113 Å². The molecule has 9 rings (SSSR count). The van der Waals surface area contributed by atoms with Crippen LogP contribution in [0.4, 0.5) is 0 Å². The lowest BCUT2D eigenvalue weighted by molar-refractivity contribution is 0.00578. The number of carbonyl (C=O) groups excluding carboxylic acids is 2. The largest absolute Gasteiger partial charge is 0.494 e. The van der Waals surface area contributed by atoms with E-state index in [9.17, 15) is 9.59 Å². The van der Waals surface area contributed by atoms with Crippen LogP contribution in [0.25, 0.3) is 44.7 Å². The molecular formula is C50H52BBrN8O4. The molecule has 326 valence electrons. The smallest absolute Gasteiger partial charge is 0.399 e. The average Bonchev–Trinajstić information content (AvgIpc) is 3.96. The molecule has 1 aliphatic rings. The third kappa shape index (κ3) is 10.1. The highest BCUT2D eigenvalue weighted by atomic mass is 79.9. The summed E-state index contributed by atoms with van der Waals surface area (Å²) >= 11 is 3.17. The number of fused-ring (bicyclic) bond motifs is 2. The number of nitrogens with zero attached hydrogens (tertiary/aromatic N) is 8. The normalized spacial score (nSPS) is 14.0. The lowest BCUT2D eigenvalue weighted by Gasteiger charge is -2.32. The molecule has 1 fully saturated rings. The minimum atomic E-state index is -0.391. The lowest BCUT2D eigenvalue weighted by Crippen LogP contribution is -2.41. The van der Waals surface area contributed by atoms with Crippen LogP contribution in [0.5, 0.6) is 0 Å². The number of ketones is 2. The predicted molar refractivity (Wildman–Crippen MR) is 257 cm³/mol. The Hall–Kier alpha value is -6.22. The van der Waals surface area contributed by atoms with E-state index in [1.807, 2.05) is 82.4 Å². The van der Waals surface area contributed by atoms with Crippen molar-refractivity contribution in [2.45, 2.75) is 92.3 Å². The second kappa shape index (κ2) is 18.9. The number of carbonyl (C=O) groups is 2. The fraction of sp³-hybridized carbons (Fsp3) is 0.280. The van der Waals surface area contributed by atoms with Crippen molar-refractivity contribution >= 4 is 61.9 Å². The van der Waals surface area contributed by atoms with E-state index in [1.165, 1.54) is 13.8 Å². The summed E-state index contributed by atoms with van der Waals surface area (Å²) in [4.78, 5) is 40.3. The first-order chi connectivity index (χ1) is 30.4. The zero-order chi connectivity index (χ0) is 45.9. The summed E-state index contributed by atoms with van der Waals surface area (Å²) in [7, 11) is -0.391. The van der Waals surface area contributed by atoms with Crippen molar-refractivity contribution in [1.82, 2.24) is 39.5 Å². The monoisotopic (exact) mass is 918 g/mol. The van der Waals surface area contributed by atoms with Gasteiger partial charge in [-0.3, -0.25) is 9.59 Å². The Bertz CT molecular complexity index is 2960. The van der Waals surface area contributed by atoms with E-state index in [2.05, 4.69) is 116 Å². The number of halogens is 1. The first-order valence-corrected chi connectivity index (χ1v) is 22.1. The highest BCUT2D eigenvalue weighted by Crippen LogP contribution is 2.37. The van der Waals surface area contributed by atoms with E-state index < -0.39 is 7.12 Å². The van der Waals surface area contributed by atoms with Crippen molar-refractivity contribution in [2.75, 3.05) is 0 Å². The molecule has 7 heterocycles. The van der Waals surface area contributed by atoms with Gasteiger partial charge in [0, 0.05) is 41.6 Å². The first-order valence-electron chi connectivity index (χ1n) is 21.3. The third-order valence-corrected chi connectivity index (χ3v) is 11.7. The van der Waals surface area contributed by atoms with Gasteiger partial charge in [0.1, 0.15) is 16.0 Å². The van der Waals surface area contributed by atoms with Crippen molar-refractivity contribution < 1.29 is 18.9 Å². The lowest BCUT2D eigenvalue weighted by atomic mass is 9.79. The van der Waals surface area contributed by atoms with Crippen molar-refractivity contribution in [1.29, 1.82) is 0 Å². The maximum absolute atomic E-state index is 11.6. The summed E-state index contributed by atoms with van der Waals surface area (Å²) in [5.74, 6) is 2.27. The van der Waals surface area contributed by atoms with Crippen LogP contribution in [-0.2, 0) is 9.31 Å². The van der Waals surface area contributed by atoms with Crippen LogP contribution < -0.4 is 5.46 Å². The van der Waals surface area contributed by atoms with Gasteiger partial charge in [-0.15, -0.1) is 0 Å². The quantitative estimate of drug-likeness (QED) is 0.0822. The number of Topliss-reactive ketones (excluding diaryl/α,β-unsaturated/α-hetero) is 2. The summed E-state index contributed by atoms with van der Waals surface area (Å²) in [5, 5.41) is 11.2. The molecule has 0 bridgehead atoms. The van der Waals surface area contributed by atoms with Crippen LogP contribution in [-0.4, -0.2) is 69.4 Å². The fourth-order valence-corrected chi connectivity index (χ4v) is 7.20.